The first-order chi connectivity index (χ1) is 8.13. The third-order valence-electron chi connectivity index (χ3n) is 3.20. The largest absolute Gasteiger partial charge is 0.436 e. The van der Waals surface area contributed by atoms with E-state index in [-0.39, 0.29) is 5.91 Å². The number of aryl methyl sites for hydroxylation is 2. The van der Waals surface area contributed by atoms with E-state index in [1.165, 1.54) is 6.42 Å². The van der Waals surface area contributed by atoms with E-state index in [1.807, 2.05) is 11.8 Å². The molecule has 0 bridgehead atoms. The van der Waals surface area contributed by atoms with Gasteiger partial charge in [-0.3, -0.25) is 4.79 Å². The second kappa shape index (κ2) is 5.21. The molecule has 1 aliphatic carbocycles. The first kappa shape index (κ1) is 12.6. The predicted octanol–water partition coefficient (Wildman–Crippen LogP) is 2.68. The summed E-state index contributed by atoms with van der Waals surface area (Å²) in [4.78, 5) is 18.4. The minimum Gasteiger partial charge on any atom is -0.436 e. The Labute approximate surface area is 110 Å². The number of rotatable bonds is 4. The van der Waals surface area contributed by atoms with Crippen LogP contribution >= 0.6 is 15.9 Å². The summed E-state index contributed by atoms with van der Waals surface area (Å²) in [6, 6.07) is 0.379. The van der Waals surface area contributed by atoms with Crippen LogP contribution in [0.2, 0.25) is 0 Å². The molecule has 1 aliphatic rings. The van der Waals surface area contributed by atoms with E-state index in [2.05, 4.69) is 20.9 Å². The summed E-state index contributed by atoms with van der Waals surface area (Å²) in [6.07, 6.45) is 3.42. The van der Waals surface area contributed by atoms with Gasteiger partial charge in [0.05, 0.1) is 5.69 Å². The van der Waals surface area contributed by atoms with Gasteiger partial charge in [-0.25, -0.2) is 4.98 Å². The summed E-state index contributed by atoms with van der Waals surface area (Å²) in [5.41, 5.74) is 0.686. The molecule has 1 aromatic heterocycles. The Kier molecular flexibility index (Phi) is 3.86. The topological polar surface area (TPSA) is 46.3 Å². The van der Waals surface area contributed by atoms with Gasteiger partial charge in [-0.15, -0.1) is 0 Å². The van der Waals surface area contributed by atoms with Crippen LogP contribution in [0.4, 0.5) is 0 Å². The molecule has 94 valence electrons. The fraction of sp³-hybridized carbons (Fsp3) is 0.667. The minimum absolute atomic E-state index is 0.0211. The lowest BCUT2D eigenvalue weighted by atomic mass is 9.91. The summed E-state index contributed by atoms with van der Waals surface area (Å²) < 4.78 is 5.40. The molecule has 1 heterocycles. The Morgan fingerprint density at radius 2 is 2.24 bits per heavy atom. The number of hydrogen-bond acceptors (Lipinski definition) is 3. The van der Waals surface area contributed by atoms with Gasteiger partial charge in [0.15, 0.2) is 5.89 Å². The van der Waals surface area contributed by atoms with Gasteiger partial charge in [0.25, 0.3) is 5.91 Å². The van der Waals surface area contributed by atoms with Crippen LogP contribution in [0, 0.1) is 13.8 Å². The standard InChI is InChI=1S/C12H17BrN2O2/c1-8-11(17-9(2)14-8)12(16)15(7-6-13)10-4-3-5-10/h10H,3-7H2,1-2H3. The van der Waals surface area contributed by atoms with Crippen LogP contribution in [0.1, 0.15) is 41.4 Å². The predicted molar refractivity (Wildman–Crippen MR) is 68.4 cm³/mol. The number of amides is 1. The van der Waals surface area contributed by atoms with Gasteiger partial charge >= 0.3 is 0 Å². The SMILES string of the molecule is Cc1nc(C)c(C(=O)N(CCBr)C2CCC2)o1. The van der Waals surface area contributed by atoms with Crippen LogP contribution in [0.25, 0.3) is 0 Å². The number of hydrogen-bond donors (Lipinski definition) is 0. The van der Waals surface area contributed by atoms with Crippen molar-refractivity contribution in [3.05, 3.63) is 17.3 Å². The molecule has 1 fully saturated rings. The number of nitrogens with zero attached hydrogens (tertiary/aromatic N) is 2. The molecule has 1 saturated carbocycles. The maximum Gasteiger partial charge on any atom is 0.291 e. The lowest BCUT2D eigenvalue weighted by molar-refractivity contribution is 0.0565. The summed E-state index contributed by atoms with van der Waals surface area (Å²) in [7, 11) is 0. The third kappa shape index (κ3) is 2.54. The quantitative estimate of drug-likeness (QED) is 0.803. The zero-order valence-corrected chi connectivity index (χ0v) is 11.8. The monoisotopic (exact) mass is 300 g/mol. The van der Waals surface area contributed by atoms with Crippen LogP contribution < -0.4 is 0 Å². The zero-order valence-electron chi connectivity index (χ0n) is 10.2. The summed E-state index contributed by atoms with van der Waals surface area (Å²) in [5.74, 6) is 0.931. The molecule has 4 nitrogen and oxygen atoms in total. The molecule has 0 N–H and O–H groups in total. The normalized spacial score (nSPS) is 15.7. The number of alkyl halides is 1. The van der Waals surface area contributed by atoms with E-state index in [0.29, 0.717) is 23.4 Å². The van der Waals surface area contributed by atoms with E-state index in [4.69, 9.17) is 4.42 Å². The molecule has 1 amide bonds. The molecule has 0 radical (unpaired) electrons. The Morgan fingerprint density at radius 1 is 1.53 bits per heavy atom. The van der Waals surface area contributed by atoms with Crippen molar-refractivity contribution in [3.63, 3.8) is 0 Å². The average Bonchev–Trinajstić information content (AvgIpc) is 2.53. The van der Waals surface area contributed by atoms with Crippen molar-refractivity contribution < 1.29 is 9.21 Å². The molecule has 17 heavy (non-hydrogen) atoms. The summed E-state index contributed by atoms with van der Waals surface area (Å²) in [6.45, 7) is 4.31. The first-order valence-corrected chi connectivity index (χ1v) is 7.06. The first-order valence-electron chi connectivity index (χ1n) is 5.94. The van der Waals surface area contributed by atoms with Crippen molar-refractivity contribution in [1.82, 2.24) is 9.88 Å². The Balaban J connectivity index is 2.17. The van der Waals surface area contributed by atoms with E-state index < -0.39 is 0 Å². The van der Waals surface area contributed by atoms with Gasteiger partial charge in [-0.2, -0.15) is 0 Å². The van der Waals surface area contributed by atoms with Crippen LogP contribution in [-0.2, 0) is 0 Å². The average molecular weight is 301 g/mol. The molecule has 2 rings (SSSR count). The van der Waals surface area contributed by atoms with Gasteiger partial charge in [0, 0.05) is 24.8 Å². The fourth-order valence-corrected chi connectivity index (χ4v) is 2.48. The molecule has 0 saturated heterocycles. The van der Waals surface area contributed by atoms with Crippen molar-refractivity contribution in [2.75, 3.05) is 11.9 Å². The number of halogens is 1. The molecule has 0 spiro atoms. The van der Waals surface area contributed by atoms with Crippen LogP contribution in [0.5, 0.6) is 0 Å². The van der Waals surface area contributed by atoms with Gasteiger partial charge in [0.1, 0.15) is 0 Å². The zero-order chi connectivity index (χ0) is 12.4. The molecular formula is C12H17BrN2O2. The van der Waals surface area contributed by atoms with Crippen LogP contribution in [0.15, 0.2) is 4.42 Å². The van der Waals surface area contributed by atoms with E-state index >= 15 is 0 Å². The number of carbonyl (C=O) groups excluding carboxylic acids is 1. The highest BCUT2D eigenvalue weighted by atomic mass is 79.9. The lowest BCUT2D eigenvalue weighted by Gasteiger charge is -2.36. The van der Waals surface area contributed by atoms with E-state index in [0.717, 1.165) is 24.7 Å². The van der Waals surface area contributed by atoms with Gasteiger partial charge in [-0.05, 0) is 26.2 Å². The molecule has 0 aromatic carbocycles. The highest BCUT2D eigenvalue weighted by Crippen LogP contribution is 2.27. The van der Waals surface area contributed by atoms with Crippen LogP contribution in [0.3, 0.4) is 0 Å². The highest BCUT2D eigenvalue weighted by molar-refractivity contribution is 9.09. The Morgan fingerprint density at radius 3 is 2.65 bits per heavy atom. The molecule has 0 unspecified atom stereocenters. The van der Waals surface area contributed by atoms with Gasteiger partial charge < -0.3 is 9.32 Å². The van der Waals surface area contributed by atoms with Crippen LogP contribution in [-0.4, -0.2) is 33.7 Å². The molecule has 0 aliphatic heterocycles. The highest BCUT2D eigenvalue weighted by Gasteiger charge is 2.31. The Bertz CT molecular complexity index is 413. The lowest BCUT2D eigenvalue weighted by Crippen LogP contribution is -2.45. The van der Waals surface area contributed by atoms with Gasteiger partial charge in [0.2, 0.25) is 5.76 Å². The third-order valence-corrected chi connectivity index (χ3v) is 3.55. The number of aromatic nitrogens is 1. The van der Waals surface area contributed by atoms with Crippen molar-refractivity contribution in [3.8, 4) is 0 Å². The van der Waals surface area contributed by atoms with Crippen molar-refractivity contribution in [2.24, 2.45) is 0 Å². The summed E-state index contributed by atoms with van der Waals surface area (Å²) in [5, 5.41) is 0.793. The smallest absolute Gasteiger partial charge is 0.291 e. The molecule has 5 heteroatoms. The minimum atomic E-state index is -0.0211. The van der Waals surface area contributed by atoms with E-state index in [9.17, 15) is 4.79 Å². The molecule has 1 aromatic rings. The van der Waals surface area contributed by atoms with Crippen molar-refractivity contribution >= 4 is 21.8 Å². The Hall–Kier alpha value is -0.840. The van der Waals surface area contributed by atoms with Crippen molar-refractivity contribution in [1.29, 1.82) is 0 Å². The van der Waals surface area contributed by atoms with E-state index in [1.54, 1.807) is 6.92 Å². The number of carbonyl (C=O) groups is 1. The molecular weight excluding hydrogens is 284 g/mol. The second-order valence-corrected chi connectivity index (χ2v) is 5.21. The number of oxazole rings is 1. The summed E-state index contributed by atoms with van der Waals surface area (Å²) >= 11 is 3.40. The fourth-order valence-electron chi connectivity index (χ4n) is 2.10. The van der Waals surface area contributed by atoms with Gasteiger partial charge in [-0.1, -0.05) is 15.9 Å². The van der Waals surface area contributed by atoms with Crippen molar-refractivity contribution in [2.45, 2.75) is 39.2 Å². The second-order valence-electron chi connectivity index (χ2n) is 4.42. The maximum absolute atomic E-state index is 12.4. The molecule has 0 atom stereocenters. The maximum atomic E-state index is 12.4.